The van der Waals surface area contributed by atoms with Crippen molar-refractivity contribution in [3.63, 3.8) is 0 Å². The number of nitrogens with two attached hydrogens (primary N) is 1. The molecule has 0 bridgehead atoms. The van der Waals surface area contributed by atoms with Crippen LogP contribution in [-0.4, -0.2) is 5.84 Å². The van der Waals surface area contributed by atoms with Gasteiger partial charge in [0.15, 0.2) is 0 Å². The fourth-order valence-electron chi connectivity index (χ4n) is 1.59. The maximum atomic E-state index is 7.26. The Labute approximate surface area is 74.5 Å². The second-order valence-electron chi connectivity index (χ2n) is 3.14. The zero-order chi connectivity index (χ0) is 7.40. The zero-order valence-electron chi connectivity index (χ0n) is 6.81. The largest absolute Gasteiger partial charge is 0.387 e. The molecule has 3 heteroatoms. The van der Waals surface area contributed by atoms with Crippen LogP contribution in [-0.2, 0) is 0 Å². The van der Waals surface area contributed by atoms with Crippen LogP contribution in [0.2, 0.25) is 0 Å². The lowest BCUT2D eigenvalue weighted by Gasteiger charge is -2.10. The molecule has 0 aromatic carbocycles. The minimum atomic E-state index is 0. The Morgan fingerprint density at radius 3 is 1.91 bits per heavy atom. The lowest BCUT2D eigenvalue weighted by atomic mass is 10.00. The van der Waals surface area contributed by atoms with Crippen LogP contribution in [0.4, 0.5) is 0 Å². The van der Waals surface area contributed by atoms with E-state index in [1.165, 1.54) is 25.7 Å². The molecule has 0 atom stereocenters. The van der Waals surface area contributed by atoms with Crippen molar-refractivity contribution in [1.82, 2.24) is 0 Å². The summed E-state index contributed by atoms with van der Waals surface area (Å²) in [5.41, 5.74) is 5.42. The molecule has 1 fully saturated rings. The van der Waals surface area contributed by atoms with Gasteiger partial charge in [0.25, 0.3) is 0 Å². The maximum absolute atomic E-state index is 7.26. The first-order chi connectivity index (χ1) is 4.80. The molecule has 0 aromatic rings. The van der Waals surface area contributed by atoms with E-state index in [0.717, 1.165) is 12.8 Å². The second kappa shape index (κ2) is 5.42. The molecule has 1 aliphatic carbocycles. The van der Waals surface area contributed by atoms with E-state index >= 15 is 0 Å². The van der Waals surface area contributed by atoms with Gasteiger partial charge in [0.2, 0.25) is 0 Å². The van der Waals surface area contributed by atoms with Crippen molar-refractivity contribution >= 4 is 18.2 Å². The predicted molar refractivity (Wildman–Crippen MR) is 50.4 cm³/mol. The van der Waals surface area contributed by atoms with Gasteiger partial charge in [-0.2, -0.15) is 0 Å². The fourth-order valence-corrected chi connectivity index (χ4v) is 1.59. The number of amidine groups is 1. The van der Waals surface area contributed by atoms with Crippen LogP contribution < -0.4 is 5.73 Å². The predicted octanol–water partition coefficient (Wildman–Crippen LogP) is 2.31. The number of nitrogens with one attached hydrogen (secondary N) is 1. The van der Waals surface area contributed by atoms with Gasteiger partial charge in [0.05, 0.1) is 5.84 Å². The van der Waals surface area contributed by atoms with Crippen LogP contribution in [0.25, 0.3) is 0 Å². The van der Waals surface area contributed by atoms with Crippen LogP contribution in [0.3, 0.4) is 0 Å². The van der Waals surface area contributed by atoms with E-state index in [9.17, 15) is 0 Å². The van der Waals surface area contributed by atoms with Crippen molar-refractivity contribution < 1.29 is 0 Å². The third-order valence-corrected chi connectivity index (χ3v) is 2.29. The Morgan fingerprint density at radius 2 is 1.55 bits per heavy atom. The van der Waals surface area contributed by atoms with Gasteiger partial charge in [0.1, 0.15) is 0 Å². The summed E-state index contributed by atoms with van der Waals surface area (Å²) in [6.07, 6.45) is 7.51. The average molecular weight is 177 g/mol. The van der Waals surface area contributed by atoms with Gasteiger partial charge < -0.3 is 5.73 Å². The van der Waals surface area contributed by atoms with Crippen LogP contribution in [0.15, 0.2) is 0 Å². The lowest BCUT2D eigenvalue weighted by molar-refractivity contribution is 0.584. The molecule has 1 saturated carbocycles. The maximum Gasteiger partial charge on any atom is 0.0936 e. The van der Waals surface area contributed by atoms with E-state index in [1.807, 2.05) is 0 Å². The van der Waals surface area contributed by atoms with Crippen LogP contribution in [0, 0.1) is 11.3 Å². The third-order valence-electron chi connectivity index (χ3n) is 2.29. The Balaban J connectivity index is 0.000001000. The third kappa shape index (κ3) is 3.61. The van der Waals surface area contributed by atoms with Crippen molar-refractivity contribution in [2.45, 2.75) is 38.5 Å². The van der Waals surface area contributed by atoms with Gasteiger partial charge >= 0.3 is 0 Å². The van der Waals surface area contributed by atoms with Crippen molar-refractivity contribution in [2.75, 3.05) is 0 Å². The summed E-state index contributed by atoms with van der Waals surface area (Å²) in [5, 5.41) is 7.26. The van der Waals surface area contributed by atoms with Gasteiger partial charge in [-0.05, 0) is 12.8 Å². The van der Waals surface area contributed by atoms with E-state index in [2.05, 4.69) is 0 Å². The van der Waals surface area contributed by atoms with E-state index in [1.54, 1.807) is 0 Å². The van der Waals surface area contributed by atoms with E-state index in [0.29, 0.717) is 11.8 Å². The highest BCUT2D eigenvalue weighted by atomic mass is 35.5. The van der Waals surface area contributed by atoms with Gasteiger partial charge in [-0.15, -0.1) is 12.4 Å². The molecule has 0 aromatic heterocycles. The highest BCUT2D eigenvalue weighted by Gasteiger charge is 2.13. The molecule has 0 radical (unpaired) electrons. The summed E-state index contributed by atoms with van der Waals surface area (Å²) in [6, 6.07) is 0. The van der Waals surface area contributed by atoms with Crippen molar-refractivity contribution in [2.24, 2.45) is 11.7 Å². The molecular weight excluding hydrogens is 160 g/mol. The topological polar surface area (TPSA) is 49.9 Å². The molecule has 2 nitrogen and oxygen atoms in total. The normalized spacial score (nSPS) is 20.0. The number of hydrogen-bond donors (Lipinski definition) is 2. The Morgan fingerprint density at radius 1 is 1.09 bits per heavy atom. The molecule has 1 aliphatic rings. The summed E-state index contributed by atoms with van der Waals surface area (Å²) in [6.45, 7) is 0. The Hall–Kier alpha value is -0.240. The fraction of sp³-hybridized carbons (Fsp3) is 0.875. The van der Waals surface area contributed by atoms with Gasteiger partial charge in [-0.25, -0.2) is 0 Å². The number of hydrogen-bond acceptors (Lipinski definition) is 1. The summed E-state index contributed by atoms with van der Waals surface area (Å²) in [5.74, 6) is 0.810. The first-order valence-electron chi connectivity index (χ1n) is 4.14. The van der Waals surface area contributed by atoms with E-state index in [-0.39, 0.29) is 12.4 Å². The average Bonchev–Trinajstić information content (AvgIpc) is 2.12. The molecule has 11 heavy (non-hydrogen) atoms. The first kappa shape index (κ1) is 10.8. The summed E-state index contributed by atoms with van der Waals surface area (Å²) in [4.78, 5) is 0. The van der Waals surface area contributed by atoms with Crippen molar-refractivity contribution in [3.8, 4) is 0 Å². The standard InChI is InChI=1S/C8H16N2.ClH/c9-8(10)7-5-3-1-2-4-6-7;/h7H,1-6H2,(H3,9,10);1H. The van der Waals surface area contributed by atoms with Crippen LogP contribution in [0.1, 0.15) is 38.5 Å². The lowest BCUT2D eigenvalue weighted by Crippen LogP contribution is -2.21. The highest BCUT2D eigenvalue weighted by Crippen LogP contribution is 2.22. The van der Waals surface area contributed by atoms with Crippen LogP contribution >= 0.6 is 12.4 Å². The molecule has 0 saturated heterocycles. The van der Waals surface area contributed by atoms with E-state index in [4.69, 9.17) is 11.1 Å². The zero-order valence-corrected chi connectivity index (χ0v) is 7.62. The van der Waals surface area contributed by atoms with Gasteiger partial charge in [0, 0.05) is 5.92 Å². The summed E-state index contributed by atoms with van der Waals surface area (Å²) in [7, 11) is 0. The molecule has 3 N–H and O–H groups in total. The monoisotopic (exact) mass is 176 g/mol. The highest BCUT2D eigenvalue weighted by molar-refractivity contribution is 5.85. The molecule has 66 valence electrons. The Kier molecular flexibility index (Phi) is 5.30. The molecule has 0 amide bonds. The first-order valence-corrected chi connectivity index (χ1v) is 4.14. The van der Waals surface area contributed by atoms with Gasteiger partial charge in [-0.1, -0.05) is 25.7 Å². The quantitative estimate of drug-likeness (QED) is 0.360. The number of halogens is 1. The van der Waals surface area contributed by atoms with Crippen LogP contribution in [0.5, 0.6) is 0 Å². The minimum absolute atomic E-state index is 0. The van der Waals surface area contributed by atoms with Gasteiger partial charge in [-0.3, -0.25) is 5.41 Å². The molecule has 1 rings (SSSR count). The molecule has 0 spiro atoms. The molecule has 0 aliphatic heterocycles. The Bertz CT molecular complexity index is 117. The smallest absolute Gasteiger partial charge is 0.0936 e. The SMILES string of the molecule is Cl.N=C(N)C1CCCCCC1. The van der Waals surface area contributed by atoms with E-state index < -0.39 is 0 Å². The molecule has 0 unspecified atom stereocenters. The molecule has 0 heterocycles. The minimum Gasteiger partial charge on any atom is -0.387 e. The van der Waals surface area contributed by atoms with Crippen molar-refractivity contribution in [1.29, 1.82) is 5.41 Å². The van der Waals surface area contributed by atoms with Crippen molar-refractivity contribution in [3.05, 3.63) is 0 Å². The number of rotatable bonds is 1. The summed E-state index contributed by atoms with van der Waals surface area (Å²) >= 11 is 0. The second-order valence-corrected chi connectivity index (χ2v) is 3.14. The molecular formula is C8H17ClN2. The summed E-state index contributed by atoms with van der Waals surface area (Å²) < 4.78 is 0.